The average Bonchev–Trinajstić information content (AvgIpc) is 2.74. The monoisotopic (exact) mass is 476 g/mol. The molecule has 2 unspecified atom stereocenters. The first-order valence-electron chi connectivity index (χ1n) is 9.76. The topological polar surface area (TPSA) is 119 Å². The Bertz CT molecular complexity index is 1190. The number of methoxy groups -OCH3 is 1. The van der Waals surface area contributed by atoms with Gasteiger partial charge in [-0.25, -0.2) is 0 Å². The number of halogens is 2. The van der Waals surface area contributed by atoms with Gasteiger partial charge in [-0.05, 0) is 41.7 Å². The van der Waals surface area contributed by atoms with E-state index in [0.717, 1.165) is 5.56 Å². The number of hydrogen-bond donors (Lipinski definition) is 2. The summed E-state index contributed by atoms with van der Waals surface area (Å²) in [5, 5.41) is 25.1. The zero-order chi connectivity index (χ0) is 23.2. The Balaban J connectivity index is 1.77. The van der Waals surface area contributed by atoms with E-state index in [1.54, 1.807) is 18.2 Å². The zero-order valence-corrected chi connectivity index (χ0v) is 18.4. The van der Waals surface area contributed by atoms with Gasteiger partial charge in [0.1, 0.15) is 0 Å². The second-order valence-electron chi connectivity index (χ2n) is 7.75. The van der Waals surface area contributed by atoms with E-state index >= 15 is 0 Å². The van der Waals surface area contributed by atoms with Gasteiger partial charge in [0.2, 0.25) is 11.7 Å². The molecule has 0 saturated carbocycles. The summed E-state index contributed by atoms with van der Waals surface area (Å²) >= 11 is 12.1. The zero-order valence-electron chi connectivity index (χ0n) is 16.9. The third-order valence-electron chi connectivity index (χ3n) is 5.85. The second-order valence-corrected chi connectivity index (χ2v) is 8.56. The van der Waals surface area contributed by atoms with Crippen LogP contribution in [0.2, 0.25) is 10.0 Å². The molecule has 0 aromatic heterocycles. The summed E-state index contributed by atoms with van der Waals surface area (Å²) in [4.78, 5) is 36.4. The molecule has 166 valence electrons. The first kappa shape index (κ1) is 22.1. The Morgan fingerprint density at radius 3 is 2.50 bits per heavy atom. The van der Waals surface area contributed by atoms with Gasteiger partial charge in [0.15, 0.2) is 11.5 Å². The summed E-state index contributed by atoms with van der Waals surface area (Å²) in [7, 11) is 1.27. The van der Waals surface area contributed by atoms with Gasteiger partial charge < -0.3 is 15.2 Å². The van der Waals surface area contributed by atoms with E-state index in [4.69, 9.17) is 27.9 Å². The van der Waals surface area contributed by atoms with Crippen molar-refractivity contribution in [1.82, 2.24) is 5.32 Å². The molecule has 0 radical (unpaired) electrons. The minimum atomic E-state index is -0.734. The molecule has 8 nitrogen and oxygen atoms in total. The Hall–Kier alpha value is -3.10. The van der Waals surface area contributed by atoms with Gasteiger partial charge in [-0.3, -0.25) is 19.7 Å². The summed E-state index contributed by atoms with van der Waals surface area (Å²) in [6.07, 6.45) is 0.548. The Morgan fingerprint density at radius 1 is 1.09 bits per heavy atom. The van der Waals surface area contributed by atoms with Crippen LogP contribution >= 0.6 is 23.2 Å². The number of Topliss-reactive ketones (excluding diaryl/α,β-unsaturated/α-hetero) is 1. The van der Waals surface area contributed by atoms with Crippen LogP contribution in [0.1, 0.15) is 42.2 Å². The number of benzene rings is 2. The smallest absolute Gasteiger partial charge is 0.314 e. The minimum absolute atomic E-state index is 0.0485. The molecule has 2 aromatic rings. The van der Waals surface area contributed by atoms with E-state index in [9.17, 15) is 24.8 Å². The van der Waals surface area contributed by atoms with E-state index in [1.807, 2.05) is 0 Å². The molecular weight excluding hydrogens is 459 g/mol. The molecule has 0 fully saturated rings. The fourth-order valence-electron chi connectivity index (χ4n) is 4.36. The van der Waals surface area contributed by atoms with Crippen LogP contribution in [-0.2, 0) is 9.59 Å². The number of rotatable bonds is 4. The fraction of sp³-hybridized carbons (Fsp3) is 0.273. The van der Waals surface area contributed by atoms with E-state index < -0.39 is 22.3 Å². The number of carbonyl (C=O) groups is 2. The molecule has 2 aliphatic rings. The molecule has 1 aliphatic heterocycles. The van der Waals surface area contributed by atoms with Gasteiger partial charge in [0, 0.05) is 36.1 Å². The molecule has 2 atom stereocenters. The standard InChI is InChI=1S/C22H18Cl2N2O6/c1-32-19-8-12(6-17(22(19)29)26(30)31)13-9-20(28)25-16-5-11(7-18(27)21(13)16)10-2-3-14(23)15(24)4-10/h2-4,6,8,11,13,29H,5,7,9H2,1H3,(H,25,28). The molecule has 1 amide bonds. The number of amides is 1. The number of nitrogens with zero attached hydrogens (tertiary/aromatic N) is 1. The van der Waals surface area contributed by atoms with Gasteiger partial charge in [0.25, 0.3) is 0 Å². The van der Waals surface area contributed by atoms with Crippen LogP contribution in [-0.4, -0.2) is 28.8 Å². The number of ketones is 1. The molecular formula is C22H18Cl2N2O6. The number of phenols is 1. The van der Waals surface area contributed by atoms with E-state index in [-0.39, 0.29) is 36.2 Å². The van der Waals surface area contributed by atoms with E-state index in [1.165, 1.54) is 19.2 Å². The maximum absolute atomic E-state index is 13.2. The van der Waals surface area contributed by atoms with Crippen molar-refractivity contribution in [1.29, 1.82) is 0 Å². The van der Waals surface area contributed by atoms with Gasteiger partial charge in [-0.2, -0.15) is 0 Å². The lowest BCUT2D eigenvalue weighted by atomic mass is 9.73. The Kier molecular flexibility index (Phi) is 5.83. The van der Waals surface area contributed by atoms with Gasteiger partial charge >= 0.3 is 5.69 Å². The number of phenolic OH excluding ortho intramolecular Hbond substituents is 1. The number of allylic oxidation sites excluding steroid dienone is 2. The molecule has 2 aromatic carbocycles. The summed E-state index contributed by atoms with van der Waals surface area (Å²) in [6, 6.07) is 7.79. The van der Waals surface area contributed by atoms with Crippen molar-refractivity contribution in [2.24, 2.45) is 0 Å². The van der Waals surface area contributed by atoms with Crippen molar-refractivity contribution in [3.8, 4) is 11.5 Å². The second kappa shape index (κ2) is 8.44. The van der Waals surface area contributed by atoms with Crippen LogP contribution in [0.15, 0.2) is 41.6 Å². The molecule has 32 heavy (non-hydrogen) atoms. The number of nitrogens with one attached hydrogen (secondary N) is 1. The highest BCUT2D eigenvalue weighted by Gasteiger charge is 2.39. The van der Waals surface area contributed by atoms with Crippen LogP contribution in [0.3, 0.4) is 0 Å². The number of nitro benzene ring substituents is 1. The van der Waals surface area contributed by atoms with Gasteiger partial charge in [0.05, 0.1) is 22.1 Å². The van der Waals surface area contributed by atoms with Gasteiger partial charge in [-0.1, -0.05) is 29.3 Å². The highest BCUT2D eigenvalue weighted by atomic mass is 35.5. The number of hydrogen-bond acceptors (Lipinski definition) is 6. The first-order chi connectivity index (χ1) is 15.2. The lowest BCUT2D eigenvalue weighted by molar-refractivity contribution is -0.386. The quantitative estimate of drug-likeness (QED) is 0.490. The van der Waals surface area contributed by atoms with Crippen LogP contribution in [0.25, 0.3) is 0 Å². The Morgan fingerprint density at radius 2 is 1.84 bits per heavy atom. The predicted octanol–water partition coefficient (Wildman–Crippen LogP) is 4.62. The molecule has 4 rings (SSSR count). The van der Waals surface area contributed by atoms with Crippen LogP contribution in [0, 0.1) is 10.1 Å². The summed E-state index contributed by atoms with van der Waals surface area (Å²) in [5.41, 5.74) is 1.55. The maximum atomic E-state index is 13.2. The van der Waals surface area contributed by atoms with Crippen molar-refractivity contribution < 1.29 is 24.4 Å². The molecule has 1 aliphatic carbocycles. The molecule has 0 spiro atoms. The number of aromatic hydroxyl groups is 1. The molecule has 1 heterocycles. The minimum Gasteiger partial charge on any atom is -0.500 e. The number of nitro groups is 1. The highest BCUT2D eigenvalue weighted by Crippen LogP contribution is 2.46. The number of ether oxygens (including phenoxy) is 1. The lowest BCUT2D eigenvalue weighted by Crippen LogP contribution is -2.38. The first-order valence-corrected chi connectivity index (χ1v) is 10.5. The van der Waals surface area contributed by atoms with Crippen molar-refractivity contribution in [3.05, 3.63) is 72.9 Å². The van der Waals surface area contributed by atoms with E-state index in [0.29, 0.717) is 33.3 Å². The normalized spacial score (nSPS) is 20.6. The van der Waals surface area contributed by atoms with Crippen molar-refractivity contribution in [2.45, 2.75) is 31.1 Å². The fourth-order valence-corrected chi connectivity index (χ4v) is 4.66. The summed E-state index contributed by atoms with van der Waals surface area (Å²) < 4.78 is 5.07. The summed E-state index contributed by atoms with van der Waals surface area (Å²) in [6.45, 7) is 0. The molecule has 10 heteroatoms. The third kappa shape index (κ3) is 3.91. The summed E-state index contributed by atoms with van der Waals surface area (Å²) in [5.74, 6) is -2.05. The van der Waals surface area contributed by atoms with Crippen molar-refractivity contribution in [2.75, 3.05) is 7.11 Å². The molecule has 0 bridgehead atoms. The van der Waals surface area contributed by atoms with Crippen molar-refractivity contribution >= 4 is 40.6 Å². The average molecular weight is 477 g/mol. The van der Waals surface area contributed by atoms with Crippen LogP contribution in [0.4, 0.5) is 5.69 Å². The highest BCUT2D eigenvalue weighted by molar-refractivity contribution is 6.42. The maximum Gasteiger partial charge on any atom is 0.314 e. The number of carbonyl (C=O) groups excluding carboxylic acids is 2. The lowest BCUT2D eigenvalue weighted by Gasteiger charge is -2.34. The third-order valence-corrected chi connectivity index (χ3v) is 6.59. The Labute approximate surface area is 192 Å². The molecule has 2 N–H and O–H groups in total. The molecule has 0 saturated heterocycles. The van der Waals surface area contributed by atoms with Crippen LogP contribution < -0.4 is 10.1 Å². The van der Waals surface area contributed by atoms with Crippen LogP contribution in [0.5, 0.6) is 11.5 Å². The van der Waals surface area contributed by atoms with Crippen molar-refractivity contribution in [3.63, 3.8) is 0 Å². The van der Waals surface area contributed by atoms with Gasteiger partial charge in [-0.15, -0.1) is 0 Å². The largest absolute Gasteiger partial charge is 0.500 e. The SMILES string of the molecule is COc1cc(C2CC(=O)NC3=C2C(=O)CC(c2ccc(Cl)c(Cl)c2)C3)cc([N+](=O)[O-])c1O. The predicted molar refractivity (Wildman–Crippen MR) is 117 cm³/mol. The van der Waals surface area contributed by atoms with E-state index in [2.05, 4.69) is 5.32 Å².